The Morgan fingerprint density at radius 1 is 0.926 bits per heavy atom. The Bertz CT molecular complexity index is 843. The zero-order chi connectivity index (χ0) is 18.9. The summed E-state index contributed by atoms with van der Waals surface area (Å²) in [6, 6.07) is 16.2. The standard InChI is InChI=1S/C21H21BrN2O2S/c22-14-2-8-17(9-3-14)27-18-10-6-16(7-11-18)24-20(26)21(12-1-13-21)19(25)23-15-4-5-15/h2-3,6-11,15H,1,4-5,12-13H2,(H,23,25)(H,24,26). The summed E-state index contributed by atoms with van der Waals surface area (Å²) in [7, 11) is 0. The van der Waals surface area contributed by atoms with E-state index in [0.717, 1.165) is 39.2 Å². The third-order valence-electron chi connectivity index (χ3n) is 5.15. The fourth-order valence-corrected chi connectivity index (χ4v) is 4.22. The van der Waals surface area contributed by atoms with Crippen LogP contribution in [0.25, 0.3) is 0 Å². The zero-order valence-corrected chi connectivity index (χ0v) is 17.2. The quantitative estimate of drug-likeness (QED) is 0.617. The van der Waals surface area contributed by atoms with Gasteiger partial charge in [0.25, 0.3) is 0 Å². The molecule has 2 aromatic carbocycles. The average Bonchev–Trinajstić information content (AvgIpc) is 3.41. The predicted octanol–water partition coefficient (Wildman–Crippen LogP) is 4.99. The van der Waals surface area contributed by atoms with E-state index in [1.54, 1.807) is 11.8 Å². The smallest absolute Gasteiger partial charge is 0.240 e. The van der Waals surface area contributed by atoms with Gasteiger partial charge >= 0.3 is 0 Å². The first-order chi connectivity index (χ1) is 13.0. The van der Waals surface area contributed by atoms with Gasteiger partial charge in [-0.3, -0.25) is 9.59 Å². The maximum absolute atomic E-state index is 12.8. The van der Waals surface area contributed by atoms with Crippen LogP contribution in [0.5, 0.6) is 0 Å². The van der Waals surface area contributed by atoms with E-state index in [0.29, 0.717) is 12.8 Å². The van der Waals surface area contributed by atoms with Crippen molar-refractivity contribution in [1.29, 1.82) is 0 Å². The second-order valence-electron chi connectivity index (χ2n) is 7.22. The molecule has 27 heavy (non-hydrogen) atoms. The predicted molar refractivity (Wildman–Crippen MR) is 111 cm³/mol. The fraction of sp³-hybridized carbons (Fsp3) is 0.333. The lowest BCUT2D eigenvalue weighted by Crippen LogP contribution is -2.53. The molecule has 0 aliphatic heterocycles. The van der Waals surface area contributed by atoms with Gasteiger partial charge in [0.15, 0.2) is 0 Å². The number of benzene rings is 2. The van der Waals surface area contributed by atoms with Crippen LogP contribution in [-0.2, 0) is 9.59 Å². The number of halogens is 1. The zero-order valence-electron chi connectivity index (χ0n) is 14.8. The first-order valence-electron chi connectivity index (χ1n) is 9.21. The number of hydrogen-bond acceptors (Lipinski definition) is 3. The summed E-state index contributed by atoms with van der Waals surface area (Å²) in [5, 5.41) is 5.94. The van der Waals surface area contributed by atoms with Crippen molar-refractivity contribution in [3.05, 3.63) is 53.0 Å². The van der Waals surface area contributed by atoms with Crippen molar-refractivity contribution < 1.29 is 9.59 Å². The molecule has 0 aromatic heterocycles. The molecule has 0 unspecified atom stereocenters. The molecule has 2 amide bonds. The van der Waals surface area contributed by atoms with Crippen molar-refractivity contribution in [2.45, 2.75) is 47.9 Å². The summed E-state index contributed by atoms with van der Waals surface area (Å²) in [6.07, 6.45) is 4.25. The van der Waals surface area contributed by atoms with Crippen molar-refractivity contribution in [1.82, 2.24) is 5.32 Å². The number of anilines is 1. The summed E-state index contributed by atoms with van der Waals surface area (Å²) >= 11 is 5.10. The SMILES string of the molecule is O=C(Nc1ccc(Sc2ccc(Br)cc2)cc1)C1(C(=O)NC2CC2)CCC1. The Balaban J connectivity index is 1.39. The maximum atomic E-state index is 12.8. The highest BCUT2D eigenvalue weighted by Crippen LogP contribution is 2.43. The minimum Gasteiger partial charge on any atom is -0.352 e. The van der Waals surface area contributed by atoms with Crippen molar-refractivity contribution in [3.63, 3.8) is 0 Å². The lowest BCUT2D eigenvalue weighted by molar-refractivity contribution is -0.146. The Hall–Kier alpha value is -1.79. The average molecular weight is 445 g/mol. The first kappa shape index (κ1) is 18.6. The molecule has 6 heteroatoms. The van der Waals surface area contributed by atoms with Gasteiger partial charge in [0.2, 0.25) is 11.8 Å². The lowest BCUT2D eigenvalue weighted by Gasteiger charge is -2.38. The molecule has 4 rings (SSSR count). The Morgan fingerprint density at radius 3 is 2.04 bits per heavy atom. The van der Waals surface area contributed by atoms with Crippen molar-refractivity contribution >= 4 is 45.2 Å². The summed E-state index contributed by atoms with van der Waals surface area (Å²) in [5.74, 6) is -0.281. The Labute approximate surface area is 171 Å². The number of hydrogen-bond donors (Lipinski definition) is 2. The van der Waals surface area contributed by atoms with E-state index in [1.165, 1.54) is 0 Å². The van der Waals surface area contributed by atoms with E-state index < -0.39 is 5.41 Å². The van der Waals surface area contributed by atoms with Gasteiger partial charge in [0.05, 0.1) is 0 Å². The van der Waals surface area contributed by atoms with Gasteiger partial charge in [-0.15, -0.1) is 0 Å². The number of rotatable bonds is 6. The highest BCUT2D eigenvalue weighted by molar-refractivity contribution is 9.10. The molecule has 2 aromatic rings. The highest BCUT2D eigenvalue weighted by atomic mass is 79.9. The molecule has 0 radical (unpaired) electrons. The number of nitrogens with one attached hydrogen (secondary N) is 2. The van der Waals surface area contributed by atoms with Crippen molar-refractivity contribution in [2.24, 2.45) is 5.41 Å². The van der Waals surface area contributed by atoms with Gasteiger partial charge in [0, 0.05) is 26.0 Å². The second-order valence-corrected chi connectivity index (χ2v) is 9.28. The molecule has 2 aliphatic carbocycles. The molecule has 0 atom stereocenters. The minimum absolute atomic E-state index is 0.101. The molecular weight excluding hydrogens is 424 g/mol. The summed E-state index contributed by atoms with van der Waals surface area (Å²) in [5.41, 5.74) is -0.154. The van der Waals surface area contributed by atoms with Crippen LogP contribution in [0.3, 0.4) is 0 Å². The third kappa shape index (κ3) is 4.22. The van der Waals surface area contributed by atoms with Gasteiger partial charge in [-0.05, 0) is 74.2 Å². The maximum Gasteiger partial charge on any atom is 0.240 e. The van der Waals surface area contributed by atoms with Crippen molar-refractivity contribution in [2.75, 3.05) is 5.32 Å². The van der Waals surface area contributed by atoms with Crippen molar-refractivity contribution in [3.8, 4) is 0 Å². The van der Waals surface area contributed by atoms with Crippen LogP contribution in [0.2, 0.25) is 0 Å². The second kappa shape index (κ2) is 7.68. The molecule has 4 nitrogen and oxygen atoms in total. The molecular formula is C21H21BrN2O2S. The Kier molecular flexibility index (Phi) is 5.28. The van der Waals surface area contributed by atoms with Gasteiger partial charge < -0.3 is 10.6 Å². The molecule has 0 saturated heterocycles. The Morgan fingerprint density at radius 2 is 1.52 bits per heavy atom. The van der Waals surface area contributed by atoms with Gasteiger partial charge in [-0.1, -0.05) is 34.1 Å². The molecule has 2 N–H and O–H groups in total. The van der Waals surface area contributed by atoms with E-state index in [9.17, 15) is 9.59 Å². The van der Waals surface area contributed by atoms with Crippen LogP contribution in [0.15, 0.2) is 62.8 Å². The number of carbonyl (C=O) groups is 2. The normalized spacial score (nSPS) is 17.7. The van der Waals surface area contributed by atoms with Gasteiger partial charge in [-0.2, -0.15) is 0 Å². The van der Waals surface area contributed by atoms with E-state index >= 15 is 0 Å². The summed E-state index contributed by atoms with van der Waals surface area (Å²) in [4.78, 5) is 27.6. The molecule has 2 saturated carbocycles. The highest BCUT2D eigenvalue weighted by Gasteiger charge is 2.51. The molecule has 0 spiro atoms. The molecule has 2 aliphatic rings. The van der Waals surface area contributed by atoms with E-state index in [2.05, 4.69) is 38.7 Å². The van der Waals surface area contributed by atoms with Gasteiger partial charge in [-0.25, -0.2) is 0 Å². The van der Waals surface area contributed by atoms with Crippen LogP contribution in [0, 0.1) is 5.41 Å². The summed E-state index contributed by atoms with van der Waals surface area (Å²) in [6.45, 7) is 0. The fourth-order valence-electron chi connectivity index (χ4n) is 3.13. The van der Waals surface area contributed by atoms with Crippen LogP contribution >= 0.6 is 27.7 Å². The van der Waals surface area contributed by atoms with Gasteiger partial charge in [0.1, 0.15) is 5.41 Å². The monoisotopic (exact) mass is 444 g/mol. The lowest BCUT2D eigenvalue weighted by atomic mass is 9.67. The van der Waals surface area contributed by atoms with Crippen LogP contribution < -0.4 is 10.6 Å². The molecule has 140 valence electrons. The number of carbonyl (C=O) groups excluding carboxylic acids is 2. The van der Waals surface area contributed by atoms with E-state index in [-0.39, 0.29) is 17.9 Å². The molecule has 0 bridgehead atoms. The molecule has 2 fully saturated rings. The minimum atomic E-state index is -0.882. The summed E-state index contributed by atoms with van der Waals surface area (Å²) < 4.78 is 1.06. The van der Waals surface area contributed by atoms with Crippen LogP contribution in [-0.4, -0.2) is 17.9 Å². The number of amides is 2. The van der Waals surface area contributed by atoms with E-state index in [4.69, 9.17) is 0 Å². The van der Waals surface area contributed by atoms with E-state index in [1.807, 2.05) is 36.4 Å². The van der Waals surface area contributed by atoms with Crippen LogP contribution in [0.1, 0.15) is 32.1 Å². The van der Waals surface area contributed by atoms with Crippen LogP contribution in [0.4, 0.5) is 5.69 Å². The molecule has 0 heterocycles. The largest absolute Gasteiger partial charge is 0.352 e. The first-order valence-corrected chi connectivity index (χ1v) is 10.8. The third-order valence-corrected chi connectivity index (χ3v) is 6.69. The topological polar surface area (TPSA) is 58.2 Å².